The molecule has 2 aliphatic rings. The highest BCUT2D eigenvalue weighted by molar-refractivity contribution is 5.94. The number of carbonyl (C=O) groups excluding carboxylic acids is 1. The van der Waals surface area contributed by atoms with E-state index in [0.29, 0.717) is 12.6 Å². The van der Waals surface area contributed by atoms with Crippen molar-refractivity contribution < 1.29 is 4.79 Å². The first kappa shape index (κ1) is 16.3. The van der Waals surface area contributed by atoms with Gasteiger partial charge in [-0.25, -0.2) is 0 Å². The number of benzene rings is 1. The molecule has 1 amide bonds. The molecule has 4 heterocycles. The van der Waals surface area contributed by atoms with Crippen LogP contribution in [0.1, 0.15) is 27.7 Å². The van der Waals surface area contributed by atoms with Gasteiger partial charge in [-0.2, -0.15) is 0 Å². The number of likely N-dealkylation sites (tertiary alicyclic amines) is 1. The summed E-state index contributed by atoms with van der Waals surface area (Å²) < 4.78 is 2.18. The van der Waals surface area contributed by atoms with E-state index in [4.69, 9.17) is 0 Å². The molecule has 0 spiro atoms. The molecule has 1 aromatic carbocycles. The zero-order chi connectivity index (χ0) is 18.2. The summed E-state index contributed by atoms with van der Waals surface area (Å²) in [6.45, 7) is 3.35. The maximum absolute atomic E-state index is 13.2. The number of fused-ring (bicyclic) bond motifs is 3. The highest BCUT2D eigenvalue weighted by atomic mass is 16.2. The molecule has 3 aromatic rings. The van der Waals surface area contributed by atoms with Gasteiger partial charge in [0.15, 0.2) is 0 Å². The predicted molar refractivity (Wildman–Crippen MR) is 103 cm³/mol. The first-order valence-electron chi connectivity index (χ1n) is 9.42. The zero-order valence-corrected chi connectivity index (χ0v) is 15.1. The van der Waals surface area contributed by atoms with Crippen molar-refractivity contribution in [3.8, 4) is 0 Å². The molecule has 1 fully saturated rings. The highest BCUT2D eigenvalue weighted by Crippen LogP contribution is 2.35. The summed E-state index contributed by atoms with van der Waals surface area (Å²) in [5.74, 6) is 0.133. The fraction of sp³-hybridized carbons (Fsp3) is 0.273. The molecule has 5 nitrogen and oxygen atoms in total. The predicted octanol–water partition coefficient (Wildman–Crippen LogP) is 2.96. The monoisotopic (exact) mass is 358 g/mol. The standard InChI is InChI=1S/C22H22N4O/c27-22-19-9-5-11-25(19)20-15-24(13-18-8-4-10-23-12-18)16-21(20)26(22)14-17-6-2-1-3-7-17/h1-12,20-21H,13-16H2/t20-,21+/m0/s1. The number of hydrogen-bond acceptors (Lipinski definition) is 3. The van der Waals surface area contributed by atoms with Crippen LogP contribution in [0.15, 0.2) is 73.2 Å². The molecule has 0 bridgehead atoms. The van der Waals surface area contributed by atoms with Gasteiger partial charge in [0, 0.05) is 44.8 Å². The number of hydrogen-bond donors (Lipinski definition) is 0. The van der Waals surface area contributed by atoms with Crippen molar-refractivity contribution in [3.05, 3.63) is 90.0 Å². The molecule has 0 radical (unpaired) electrons. The molecular formula is C22H22N4O. The van der Waals surface area contributed by atoms with E-state index < -0.39 is 0 Å². The molecular weight excluding hydrogens is 336 g/mol. The fourth-order valence-corrected chi connectivity index (χ4v) is 4.44. The van der Waals surface area contributed by atoms with Crippen LogP contribution < -0.4 is 0 Å². The molecule has 2 aromatic heterocycles. The second-order valence-corrected chi connectivity index (χ2v) is 7.41. The molecule has 0 aliphatic carbocycles. The van der Waals surface area contributed by atoms with E-state index in [0.717, 1.165) is 25.3 Å². The number of aromatic nitrogens is 2. The van der Waals surface area contributed by atoms with Gasteiger partial charge in [0.1, 0.15) is 5.69 Å². The second-order valence-electron chi connectivity index (χ2n) is 7.41. The van der Waals surface area contributed by atoms with Crippen molar-refractivity contribution in [1.29, 1.82) is 0 Å². The molecule has 2 atom stereocenters. The van der Waals surface area contributed by atoms with Crippen LogP contribution in [0.2, 0.25) is 0 Å². The lowest BCUT2D eigenvalue weighted by molar-refractivity contribution is 0.0556. The Morgan fingerprint density at radius 3 is 2.52 bits per heavy atom. The van der Waals surface area contributed by atoms with Crippen molar-refractivity contribution in [2.45, 2.75) is 25.2 Å². The Labute approximate surface area is 158 Å². The largest absolute Gasteiger partial charge is 0.337 e. The molecule has 5 heteroatoms. The normalized spacial score (nSPS) is 21.9. The quantitative estimate of drug-likeness (QED) is 0.720. The smallest absolute Gasteiger partial charge is 0.271 e. The Morgan fingerprint density at radius 1 is 0.889 bits per heavy atom. The van der Waals surface area contributed by atoms with Crippen molar-refractivity contribution in [3.63, 3.8) is 0 Å². The van der Waals surface area contributed by atoms with E-state index in [1.807, 2.05) is 42.6 Å². The Hall–Kier alpha value is -2.92. The van der Waals surface area contributed by atoms with Crippen molar-refractivity contribution in [2.24, 2.45) is 0 Å². The maximum Gasteiger partial charge on any atom is 0.271 e. The molecule has 2 aliphatic heterocycles. The van der Waals surface area contributed by atoms with Crippen LogP contribution in [0.5, 0.6) is 0 Å². The van der Waals surface area contributed by atoms with Crippen LogP contribution in [0, 0.1) is 0 Å². The highest BCUT2D eigenvalue weighted by Gasteiger charge is 2.44. The van der Waals surface area contributed by atoms with Gasteiger partial charge in [0.05, 0.1) is 12.1 Å². The fourth-order valence-electron chi connectivity index (χ4n) is 4.44. The van der Waals surface area contributed by atoms with Crippen molar-refractivity contribution in [1.82, 2.24) is 19.4 Å². The van der Waals surface area contributed by atoms with Crippen LogP contribution in [0.4, 0.5) is 0 Å². The Morgan fingerprint density at radius 2 is 1.70 bits per heavy atom. The van der Waals surface area contributed by atoms with E-state index >= 15 is 0 Å². The number of pyridine rings is 1. The third kappa shape index (κ3) is 2.94. The Kier molecular flexibility index (Phi) is 4.02. The summed E-state index contributed by atoms with van der Waals surface area (Å²) in [7, 11) is 0. The van der Waals surface area contributed by atoms with E-state index in [1.165, 1.54) is 11.1 Å². The van der Waals surface area contributed by atoms with Gasteiger partial charge in [0.2, 0.25) is 0 Å². The summed E-state index contributed by atoms with van der Waals surface area (Å²) in [5, 5.41) is 0. The zero-order valence-electron chi connectivity index (χ0n) is 15.1. The van der Waals surface area contributed by atoms with Crippen molar-refractivity contribution >= 4 is 5.91 Å². The maximum atomic E-state index is 13.2. The Bertz CT molecular complexity index is 937. The third-order valence-electron chi connectivity index (χ3n) is 5.68. The van der Waals surface area contributed by atoms with Gasteiger partial charge in [-0.05, 0) is 29.3 Å². The Balaban J connectivity index is 1.44. The van der Waals surface area contributed by atoms with Gasteiger partial charge < -0.3 is 9.47 Å². The lowest BCUT2D eigenvalue weighted by atomic mass is 10.0. The molecule has 0 saturated carbocycles. The van der Waals surface area contributed by atoms with Crippen LogP contribution in [-0.2, 0) is 13.1 Å². The van der Waals surface area contributed by atoms with Gasteiger partial charge in [0.25, 0.3) is 5.91 Å². The van der Waals surface area contributed by atoms with E-state index in [-0.39, 0.29) is 11.9 Å². The van der Waals surface area contributed by atoms with E-state index in [2.05, 4.69) is 43.7 Å². The van der Waals surface area contributed by atoms with Crippen LogP contribution in [-0.4, -0.2) is 44.4 Å². The van der Waals surface area contributed by atoms with Crippen LogP contribution in [0.3, 0.4) is 0 Å². The molecule has 1 saturated heterocycles. The molecule has 5 rings (SSSR count). The van der Waals surface area contributed by atoms with Gasteiger partial charge in [-0.1, -0.05) is 36.4 Å². The van der Waals surface area contributed by atoms with Gasteiger partial charge >= 0.3 is 0 Å². The summed E-state index contributed by atoms with van der Waals surface area (Å²) in [6.07, 6.45) is 5.79. The van der Waals surface area contributed by atoms with E-state index in [9.17, 15) is 4.79 Å². The summed E-state index contributed by atoms with van der Waals surface area (Å²) >= 11 is 0. The average Bonchev–Trinajstić information content (AvgIpc) is 3.34. The lowest BCUT2D eigenvalue weighted by Gasteiger charge is -2.38. The van der Waals surface area contributed by atoms with Gasteiger partial charge in [-0.15, -0.1) is 0 Å². The first-order valence-corrected chi connectivity index (χ1v) is 9.42. The number of carbonyl (C=O) groups is 1. The van der Waals surface area contributed by atoms with Gasteiger partial charge in [-0.3, -0.25) is 14.7 Å². The number of nitrogens with zero attached hydrogens (tertiary/aromatic N) is 4. The molecule has 0 N–H and O–H groups in total. The number of amides is 1. The van der Waals surface area contributed by atoms with E-state index in [1.54, 1.807) is 6.20 Å². The number of rotatable bonds is 4. The van der Waals surface area contributed by atoms with Crippen molar-refractivity contribution in [2.75, 3.05) is 13.1 Å². The van der Waals surface area contributed by atoms with Crippen LogP contribution >= 0.6 is 0 Å². The lowest BCUT2D eigenvalue weighted by Crippen LogP contribution is -2.49. The topological polar surface area (TPSA) is 41.4 Å². The summed E-state index contributed by atoms with van der Waals surface area (Å²) in [4.78, 5) is 21.9. The van der Waals surface area contributed by atoms with Crippen LogP contribution in [0.25, 0.3) is 0 Å². The molecule has 0 unspecified atom stereocenters. The summed E-state index contributed by atoms with van der Waals surface area (Å²) in [6, 6.07) is 18.8. The second kappa shape index (κ2) is 6.67. The minimum absolute atomic E-state index is 0.133. The third-order valence-corrected chi connectivity index (χ3v) is 5.68. The first-order chi connectivity index (χ1) is 13.3. The average molecular weight is 358 g/mol. The summed E-state index contributed by atoms with van der Waals surface area (Å²) in [5.41, 5.74) is 3.19. The minimum Gasteiger partial charge on any atom is -0.337 e. The molecule has 27 heavy (non-hydrogen) atoms. The SMILES string of the molecule is O=C1c2cccn2[C@H]2CN(Cc3cccnc3)C[C@H]2N1Cc1ccccc1. The minimum atomic E-state index is 0.133. The molecule has 136 valence electrons.